The van der Waals surface area contributed by atoms with E-state index in [2.05, 4.69) is 39.5 Å². The second-order valence-electron chi connectivity index (χ2n) is 11.7. The first-order valence-corrected chi connectivity index (χ1v) is 16.1. The Morgan fingerprint density at radius 3 is 2.69 bits per heavy atom. The average molecular weight is 627 g/mol. The molecular formula is C31H33Cl2N5O3S. The number of aromatic nitrogens is 3. The molecule has 0 atom stereocenters. The number of nitrogens with one attached hydrogen (secondary N) is 1. The molecule has 220 valence electrons. The molecule has 2 aromatic carbocycles. The summed E-state index contributed by atoms with van der Waals surface area (Å²) in [6, 6.07) is 12.9. The van der Waals surface area contributed by atoms with Crippen LogP contribution in [0.15, 0.2) is 59.9 Å². The van der Waals surface area contributed by atoms with Crippen molar-refractivity contribution in [2.24, 2.45) is 5.41 Å². The van der Waals surface area contributed by atoms with Crippen LogP contribution in [0.3, 0.4) is 0 Å². The van der Waals surface area contributed by atoms with Crippen molar-refractivity contribution in [2.75, 3.05) is 22.8 Å². The molecule has 8 nitrogen and oxygen atoms in total. The van der Waals surface area contributed by atoms with Gasteiger partial charge in [0, 0.05) is 35.1 Å². The number of fused-ring (bicyclic) bond motifs is 2. The maximum absolute atomic E-state index is 11.1. The Bertz CT molecular complexity index is 1650. The van der Waals surface area contributed by atoms with Crippen molar-refractivity contribution < 1.29 is 13.8 Å². The molecule has 0 unspecified atom stereocenters. The Morgan fingerprint density at radius 2 is 1.88 bits per heavy atom. The minimum absolute atomic E-state index is 0.115. The van der Waals surface area contributed by atoms with Gasteiger partial charge in [-0.25, -0.2) is 15.0 Å². The van der Waals surface area contributed by atoms with E-state index in [1.54, 1.807) is 43.7 Å². The molecule has 1 aliphatic carbocycles. The van der Waals surface area contributed by atoms with E-state index in [9.17, 15) is 9.11 Å². The van der Waals surface area contributed by atoms with Crippen LogP contribution in [0.2, 0.25) is 10.2 Å². The van der Waals surface area contributed by atoms with Crippen LogP contribution in [0.4, 0.5) is 11.5 Å². The van der Waals surface area contributed by atoms with Crippen molar-refractivity contribution in [3.05, 3.63) is 87.5 Å². The van der Waals surface area contributed by atoms with Crippen molar-refractivity contribution in [1.29, 1.82) is 0 Å². The minimum atomic E-state index is -3.51. The molecule has 6 rings (SSSR count). The predicted octanol–water partition coefficient (Wildman–Crippen LogP) is 8.20. The SMILES string of the molecule is Cc1cccc(Cl)c1S(O)(O)Nc1cc(-c2ccc3c(c2)CN(c2ncnc4c2CC(C)(C)CC4)CCO3)cnc1Cl. The van der Waals surface area contributed by atoms with Crippen molar-refractivity contribution in [1.82, 2.24) is 15.0 Å². The zero-order valence-electron chi connectivity index (χ0n) is 23.7. The van der Waals surface area contributed by atoms with Gasteiger partial charge in [-0.2, -0.15) is 0 Å². The normalized spacial score (nSPS) is 16.6. The molecule has 0 saturated carbocycles. The monoisotopic (exact) mass is 625 g/mol. The van der Waals surface area contributed by atoms with Gasteiger partial charge in [-0.05, 0) is 67.0 Å². The third-order valence-electron chi connectivity index (χ3n) is 7.92. The molecular weight excluding hydrogens is 593 g/mol. The smallest absolute Gasteiger partial charge is 0.153 e. The van der Waals surface area contributed by atoms with E-state index in [1.165, 1.54) is 5.56 Å². The maximum atomic E-state index is 11.1. The zero-order chi connectivity index (χ0) is 29.6. The molecule has 0 saturated heterocycles. The van der Waals surface area contributed by atoms with Gasteiger partial charge in [0.05, 0.1) is 17.3 Å². The molecule has 3 heterocycles. The van der Waals surface area contributed by atoms with Gasteiger partial charge in [0.1, 0.15) is 29.4 Å². The predicted molar refractivity (Wildman–Crippen MR) is 170 cm³/mol. The lowest BCUT2D eigenvalue weighted by Gasteiger charge is -2.35. The molecule has 2 aromatic heterocycles. The number of halogens is 2. The summed E-state index contributed by atoms with van der Waals surface area (Å²) in [7, 11) is -3.51. The summed E-state index contributed by atoms with van der Waals surface area (Å²) >= 11 is 12.7. The lowest BCUT2D eigenvalue weighted by molar-refractivity contribution is 0.310. The van der Waals surface area contributed by atoms with Crippen LogP contribution in [0, 0.1) is 12.3 Å². The Morgan fingerprint density at radius 1 is 1.05 bits per heavy atom. The van der Waals surface area contributed by atoms with Crippen molar-refractivity contribution in [2.45, 2.75) is 51.5 Å². The van der Waals surface area contributed by atoms with Gasteiger partial charge in [-0.15, -0.1) is 0 Å². The van der Waals surface area contributed by atoms with Crippen molar-refractivity contribution >= 4 is 45.5 Å². The maximum Gasteiger partial charge on any atom is 0.153 e. The number of nitrogens with zero attached hydrogens (tertiary/aromatic N) is 4. The highest BCUT2D eigenvalue weighted by Crippen LogP contribution is 2.53. The standard InChI is InChI=1S/C31H33Cl2N5O3S/c1-19-5-4-6-24(32)28(19)42(39,40)37-26-14-21(16-34-29(26)33)20-7-8-27-22(13-20)17-38(11-12-41-27)30-23-15-31(2,3)10-9-25(23)35-18-36-30/h4-8,13-14,16,18,37,39-40H,9-12,15,17H2,1-3H3. The van der Waals surface area contributed by atoms with Crippen LogP contribution in [-0.4, -0.2) is 37.2 Å². The van der Waals surface area contributed by atoms with Crippen molar-refractivity contribution in [3.63, 3.8) is 0 Å². The minimum Gasteiger partial charge on any atom is -0.491 e. The highest BCUT2D eigenvalue weighted by Gasteiger charge is 2.31. The Kier molecular flexibility index (Phi) is 7.74. The lowest BCUT2D eigenvalue weighted by Crippen LogP contribution is -2.31. The van der Waals surface area contributed by atoms with E-state index in [1.807, 2.05) is 12.1 Å². The summed E-state index contributed by atoms with van der Waals surface area (Å²) in [6.07, 6.45) is 6.37. The first-order chi connectivity index (χ1) is 20.0. The second-order valence-corrected chi connectivity index (χ2v) is 14.1. The summed E-state index contributed by atoms with van der Waals surface area (Å²) in [5, 5.41) is 0.371. The third-order valence-corrected chi connectivity index (χ3v) is 10.3. The fourth-order valence-electron chi connectivity index (χ4n) is 5.74. The fraction of sp³-hybridized carbons (Fsp3) is 0.323. The summed E-state index contributed by atoms with van der Waals surface area (Å²) in [4.78, 5) is 16.2. The van der Waals surface area contributed by atoms with E-state index < -0.39 is 10.8 Å². The Hall–Kier alpha value is -3.08. The number of aryl methyl sites for hydroxylation is 2. The van der Waals surface area contributed by atoms with Crippen LogP contribution in [-0.2, 0) is 19.4 Å². The number of benzene rings is 2. The summed E-state index contributed by atoms with van der Waals surface area (Å²) in [6.45, 7) is 8.27. The van der Waals surface area contributed by atoms with Crippen LogP contribution >= 0.6 is 34.0 Å². The molecule has 1 aliphatic heterocycles. The number of pyridine rings is 1. The van der Waals surface area contributed by atoms with E-state index in [4.69, 9.17) is 32.9 Å². The van der Waals surface area contributed by atoms with E-state index in [-0.39, 0.29) is 26.2 Å². The quantitative estimate of drug-likeness (QED) is 0.191. The molecule has 0 spiro atoms. The van der Waals surface area contributed by atoms with Gasteiger partial charge >= 0.3 is 0 Å². The highest BCUT2D eigenvalue weighted by molar-refractivity contribution is 8.25. The number of anilines is 2. The fourth-order valence-corrected chi connectivity index (χ4v) is 7.92. The van der Waals surface area contributed by atoms with E-state index in [0.29, 0.717) is 25.3 Å². The van der Waals surface area contributed by atoms with E-state index >= 15 is 0 Å². The Labute approximate surface area is 257 Å². The summed E-state index contributed by atoms with van der Waals surface area (Å²) in [5.41, 5.74) is 6.20. The van der Waals surface area contributed by atoms with Crippen LogP contribution in [0.1, 0.15) is 42.7 Å². The van der Waals surface area contributed by atoms with Gasteiger partial charge in [0.25, 0.3) is 0 Å². The summed E-state index contributed by atoms with van der Waals surface area (Å²) < 4.78 is 31.1. The number of hydrogen-bond donors (Lipinski definition) is 3. The van der Waals surface area contributed by atoms with Gasteiger partial charge in [0.2, 0.25) is 0 Å². The summed E-state index contributed by atoms with van der Waals surface area (Å²) in [5.74, 6) is 1.81. The van der Waals surface area contributed by atoms with Crippen LogP contribution in [0.5, 0.6) is 5.75 Å². The van der Waals surface area contributed by atoms with E-state index in [0.717, 1.165) is 53.2 Å². The topological polar surface area (TPSA) is 104 Å². The number of rotatable bonds is 5. The molecule has 0 fully saturated rings. The van der Waals surface area contributed by atoms with Gasteiger partial charge in [-0.1, -0.05) is 66.0 Å². The average Bonchev–Trinajstić information content (AvgIpc) is 3.15. The first kappa shape index (κ1) is 29.0. The molecule has 11 heteroatoms. The zero-order valence-corrected chi connectivity index (χ0v) is 26.0. The van der Waals surface area contributed by atoms with Crippen molar-refractivity contribution in [3.8, 4) is 16.9 Å². The molecule has 3 N–H and O–H groups in total. The lowest BCUT2D eigenvalue weighted by atomic mass is 9.76. The first-order valence-electron chi connectivity index (χ1n) is 13.8. The molecule has 4 aromatic rings. The molecule has 42 heavy (non-hydrogen) atoms. The van der Waals surface area contributed by atoms with Crippen LogP contribution < -0.4 is 14.4 Å². The number of ether oxygens (including phenoxy) is 1. The Balaban J connectivity index is 1.31. The number of hydrogen-bond acceptors (Lipinski definition) is 8. The van der Waals surface area contributed by atoms with Gasteiger partial charge in [0.15, 0.2) is 5.15 Å². The second kappa shape index (κ2) is 11.2. The highest BCUT2D eigenvalue weighted by atomic mass is 35.5. The van der Waals surface area contributed by atoms with Gasteiger partial charge < -0.3 is 9.64 Å². The van der Waals surface area contributed by atoms with Crippen LogP contribution in [0.25, 0.3) is 11.1 Å². The molecule has 0 amide bonds. The van der Waals surface area contributed by atoms with Gasteiger partial charge in [-0.3, -0.25) is 13.8 Å². The molecule has 0 bridgehead atoms. The third kappa shape index (κ3) is 5.76. The molecule has 2 aliphatic rings. The molecule has 0 radical (unpaired) electrons. The largest absolute Gasteiger partial charge is 0.491 e.